The molecule has 7 heteroatoms. The van der Waals surface area contributed by atoms with Crippen molar-refractivity contribution in [3.8, 4) is 27.4 Å². The fourth-order valence-corrected chi connectivity index (χ4v) is 4.77. The van der Waals surface area contributed by atoms with Gasteiger partial charge in [-0.3, -0.25) is 9.89 Å². The molecular weight excluding hydrogens is 396 g/mol. The Balaban J connectivity index is 1.66. The fraction of sp³-hybridized carbons (Fsp3) is 0.130. The average Bonchev–Trinajstić information content (AvgIpc) is 3.46. The number of nitrogens with one attached hydrogen (secondary N) is 1. The summed E-state index contributed by atoms with van der Waals surface area (Å²) < 4.78 is 5.48. The number of hydrogen-bond donors (Lipinski definition) is 2. The summed E-state index contributed by atoms with van der Waals surface area (Å²) in [7, 11) is 1.58. The summed E-state index contributed by atoms with van der Waals surface area (Å²) in [5.41, 5.74) is 11.7. The Bertz CT molecular complexity index is 1290. The molecule has 0 saturated heterocycles. The Morgan fingerprint density at radius 1 is 1.33 bits per heavy atom. The molecule has 0 atom stereocenters. The first-order valence-corrected chi connectivity index (χ1v) is 10.4. The van der Waals surface area contributed by atoms with E-state index in [2.05, 4.69) is 35.0 Å². The number of aromatic amines is 1. The summed E-state index contributed by atoms with van der Waals surface area (Å²) in [5, 5.41) is 10.7. The first-order chi connectivity index (χ1) is 14.6. The van der Waals surface area contributed by atoms with E-state index in [1.165, 1.54) is 0 Å². The minimum absolute atomic E-state index is 0.0843. The second-order valence-corrected chi connectivity index (χ2v) is 8.25. The number of rotatable bonds is 5. The molecule has 5 rings (SSSR count). The molecule has 6 nitrogen and oxygen atoms in total. The smallest absolute Gasteiger partial charge is 0.258 e. The average molecular weight is 417 g/mol. The molecule has 3 N–H and O–H groups in total. The lowest BCUT2D eigenvalue weighted by Gasteiger charge is -2.15. The maximum Gasteiger partial charge on any atom is 0.258 e. The predicted molar refractivity (Wildman–Crippen MR) is 119 cm³/mol. The van der Waals surface area contributed by atoms with Crippen molar-refractivity contribution in [1.29, 1.82) is 0 Å². The normalized spacial score (nSPS) is 13.1. The van der Waals surface area contributed by atoms with Crippen LogP contribution in [0.5, 0.6) is 5.75 Å². The number of amides is 1. The number of H-pyrrole nitrogens is 1. The topological polar surface area (TPSA) is 84.2 Å². The van der Waals surface area contributed by atoms with Crippen molar-refractivity contribution in [3.05, 3.63) is 71.2 Å². The summed E-state index contributed by atoms with van der Waals surface area (Å²) in [6, 6.07) is 14.2. The largest absolute Gasteiger partial charge is 0.496 e. The minimum Gasteiger partial charge on any atom is -0.496 e. The van der Waals surface area contributed by atoms with Gasteiger partial charge in [-0.05, 0) is 46.3 Å². The molecule has 0 bridgehead atoms. The lowest BCUT2D eigenvalue weighted by molar-refractivity contribution is 0.0789. The maximum absolute atomic E-state index is 13.0. The Morgan fingerprint density at radius 2 is 2.20 bits per heavy atom. The fourth-order valence-electron chi connectivity index (χ4n) is 4.04. The number of nitrogens with two attached hydrogens (primary N) is 1. The van der Waals surface area contributed by atoms with Gasteiger partial charge in [0.05, 0.1) is 29.6 Å². The lowest BCUT2D eigenvalue weighted by atomic mass is 9.95. The monoisotopic (exact) mass is 416 g/mol. The maximum atomic E-state index is 13.0. The molecule has 0 unspecified atom stereocenters. The van der Waals surface area contributed by atoms with Gasteiger partial charge >= 0.3 is 0 Å². The zero-order chi connectivity index (χ0) is 20.8. The van der Waals surface area contributed by atoms with Crippen molar-refractivity contribution in [1.82, 2.24) is 15.1 Å². The number of carbonyl (C=O) groups is 1. The molecule has 1 amide bonds. The van der Waals surface area contributed by atoms with E-state index in [1.807, 2.05) is 29.6 Å². The number of hydrogen-bond acceptors (Lipinski definition) is 5. The molecule has 2 aromatic heterocycles. The Morgan fingerprint density at radius 3 is 2.93 bits per heavy atom. The van der Waals surface area contributed by atoms with E-state index >= 15 is 0 Å². The van der Waals surface area contributed by atoms with Gasteiger partial charge in [-0.25, -0.2) is 0 Å². The molecule has 30 heavy (non-hydrogen) atoms. The SMILES string of the molecule is C=C(N)CN1Cc2c(-c3ccc4[nH]nc(-c5cccs5)c4c3)ccc(OC)c2C1=O. The highest BCUT2D eigenvalue weighted by Gasteiger charge is 2.33. The number of methoxy groups -OCH3 is 1. The molecule has 4 aromatic rings. The van der Waals surface area contributed by atoms with Gasteiger partial charge in [-0.1, -0.05) is 24.8 Å². The van der Waals surface area contributed by atoms with Crippen LogP contribution in [-0.4, -0.2) is 34.7 Å². The molecule has 0 spiro atoms. The van der Waals surface area contributed by atoms with Crippen molar-refractivity contribution in [2.45, 2.75) is 6.54 Å². The third kappa shape index (κ3) is 2.86. The zero-order valence-corrected chi connectivity index (χ0v) is 17.3. The van der Waals surface area contributed by atoms with Crippen molar-refractivity contribution >= 4 is 28.1 Å². The van der Waals surface area contributed by atoms with Gasteiger partial charge in [0.1, 0.15) is 11.4 Å². The number of ether oxygens (including phenoxy) is 1. The molecule has 0 fully saturated rings. The molecule has 3 heterocycles. The second-order valence-electron chi connectivity index (χ2n) is 7.30. The number of aromatic nitrogens is 2. The quantitative estimate of drug-likeness (QED) is 0.505. The van der Waals surface area contributed by atoms with Crippen molar-refractivity contribution < 1.29 is 9.53 Å². The van der Waals surface area contributed by atoms with Crippen LogP contribution in [0.4, 0.5) is 0 Å². The summed E-state index contributed by atoms with van der Waals surface area (Å²) in [6.45, 7) is 4.53. The van der Waals surface area contributed by atoms with Gasteiger partial charge < -0.3 is 15.4 Å². The molecule has 150 valence electrons. The van der Waals surface area contributed by atoms with E-state index in [4.69, 9.17) is 10.5 Å². The number of fused-ring (bicyclic) bond motifs is 2. The van der Waals surface area contributed by atoms with Crippen LogP contribution in [0, 0.1) is 0 Å². The van der Waals surface area contributed by atoms with Crippen LogP contribution in [0.3, 0.4) is 0 Å². The Labute approximate surface area is 177 Å². The van der Waals surface area contributed by atoms with Crippen molar-refractivity contribution in [2.24, 2.45) is 5.73 Å². The first kappa shape index (κ1) is 18.4. The predicted octanol–water partition coefficient (Wildman–Crippen LogP) is 4.40. The summed E-state index contributed by atoms with van der Waals surface area (Å²) in [6.07, 6.45) is 0. The molecular formula is C23H20N4O2S. The zero-order valence-electron chi connectivity index (χ0n) is 16.4. The number of nitrogens with zero attached hydrogens (tertiary/aromatic N) is 2. The van der Waals surface area contributed by atoms with Crippen LogP contribution in [0.2, 0.25) is 0 Å². The minimum atomic E-state index is -0.0843. The van der Waals surface area contributed by atoms with Gasteiger partial charge in [0, 0.05) is 17.6 Å². The van der Waals surface area contributed by atoms with Gasteiger partial charge in [-0.2, -0.15) is 5.10 Å². The second kappa shape index (κ2) is 7.03. The third-order valence-corrected chi connectivity index (χ3v) is 6.24. The van der Waals surface area contributed by atoms with Gasteiger partial charge in [-0.15, -0.1) is 11.3 Å². The van der Waals surface area contributed by atoms with Gasteiger partial charge in [0.15, 0.2) is 0 Å². The van der Waals surface area contributed by atoms with Crippen LogP contribution in [0.25, 0.3) is 32.6 Å². The van der Waals surface area contributed by atoms with Gasteiger partial charge in [0.2, 0.25) is 0 Å². The summed E-state index contributed by atoms with van der Waals surface area (Å²) in [4.78, 5) is 15.8. The Hall–Kier alpha value is -3.58. The van der Waals surface area contributed by atoms with E-state index in [9.17, 15) is 4.79 Å². The molecule has 0 saturated carbocycles. The van der Waals surface area contributed by atoms with Crippen LogP contribution in [-0.2, 0) is 6.54 Å². The van der Waals surface area contributed by atoms with E-state index in [-0.39, 0.29) is 5.91 Å². The summed E-state index contributed by atoms with van der Waals surface area (Å²) >= 11 is 1.66. The molecule has 1 aliphatic rings. The third-order valence-electron chi connectivity index (χ3n) is 5.37. The van der Waals surface area contributed by atoms with E-state index in [1.54, 1.807) is 23.3 Å². The van der Waals surface area contributed by atoms with Crippen molar-refractivity contribution in [2.75, 3.05) is 13.7 Å². The molecule has 0 aliphatic carbocycles. The molecule has 2 aromatic carbocycles. The van der Waals surface area contributed by atoms with Crippen LogP contribution >= 0.6 is 11.3 Å². The number of benzene rings is 2. The standard InChI is InChI=1S/C23H20N4O2S/c1-13(24)11-27-12-17-15(6-8-19(29-2)21(17)23(27)28)14-5-7-18-16(10-14)22(26-25-18)20-4-3-9-30-20/h3-10H,1,11-12,24H2,2H3,(H,25,26). The van der Waals surface area contributed by atoms with Crippen LogP contribution in [0.1, 0.15) is 15.9 Å². The van der Waals surface area contributed by atoms with E-state index < -0.39 is 0 Å². The Kier molecular flexibility index (Phi) is 4.33. The van der Waals surface area contributed by atoms with E-state index in [0.717, 1.165) is 38.2 Å². The number of thiophene rings is 1. The van der Waals surface area contributed by atoms with Crippen molar-refractivity contribution in [3.63, 3.8) is 0 Å². The first-order valence-electron chi connectivity index (χ1n) is 9.51. The highest BCUT2D eigenvalue weighted by molar-refractivity contribution is 7.13. The lowest BCUT2D eigenvalue weighted by Crippen LogP contribution is -2.28. The van der Waals surface area contributed by atoms with Crippen LogP contribution in [0.15, 0.2) is 60.1 Å². The highest BCUT2D eigenvalue weighted by atomic mass is 32.1. The van der Waals surface area contributed by atoms with Crippen LogP contribution < -0.4 is 10.5 Å². The van der Waals surface area contributed by atoms with Gasteiger partial charge in [0.25, 0.3) is 5.91 Å². The molecule has 1 aliphatic heterocycles. The summed E-state index contributed by atoms with van der Waals surface area (Å²) in [5.74, 6) is 0.492. The highest BCUT2D eigenvalue weighted by Crippen LogP contribution is 2.40. The van der Waals surface area contributed by atoms with E-state index in [0.29, 0.717) is 30.1 Å². The molecule has 0 radical (unpaired) electrons. The number of carbonyl (C=O) groups excluding carboxylic acids is 1.